The van der Waals surface area contributed by atoms with E-state index in [1.807, 2.05) is 60.8 Å². The SMILES string of the molecule is C=CC(=O)Nc1cccc(-c2cccc3cnc(Nc4ccc(NC5CCOCC5)cc4)nc23)c1. The average molecular weight is 466 g/mol. The number of nitrogens with zero attached hydrogens (tertiary/aromatic N) is 2. The molecule has 0 aliphatic carbocycles. The number of ether oxygens (including phenoxy) is 1. The summed E-state index contributed by atoms with van der Waals surface area (Å²) in [5.74, 6) is 0.272. The molecule has 3 N–H and O–H groups in total. The summed E-state index contributed by atoms with van der Waals surface area (Å²) >= 11 is 0. The van der Waals surface area contributed by atoms with Gasteiger partial charge in [0.1, 0.15) is 0 Å². The fourth-order valence-corrected chi connectivity index (χ4v) is 4.16. The summed E-state index contributed by atoms with van der Waals surface area (Å²) in [5, 5.41) is 10.6. The maximum Gasteiger partial charge on any atom is 0.247 e. The molecule has 3 aromatic carbocycles. The lowest BCUT2D eigenvalue weighted by atomic mass is 10.0. The van der Waals surface area contributed by atoms with E-state index in [1.165, 1.54) is 6.08 Å². The first-order valence-electron chi connectivity index (χ1n) is 11.7. The molecule has 1 saturated heterocycles. The van der Waals surface area contributed by atoms with Crippen LogP contribution in [0.15, 0.2) is 85.6 Å². The molecule has 1 aliphatic heterocycles. The first-order chi connectivity index (χ1) is 17.2. The van der Waals surface area contributed by atoms with Crippen LogP contribution in [0.5, 0.6) is 0 Å². The lowest BCUT2D eigenvalue weighted by molar-refractivity contribution is -0.111. The van der Waals surface area contributed by atoms with Crippen molar-refractivity contribution in [1.82, 2.24) is 9.97 Å². The molecule has 1 aromatic heterocycles. The zero-order chi connectivity index (χ0) is 24.0. The molecule has 0 radical (unpaired) electrons. The van der Waals surface area contributed by atoms with Crippen molar-refractivity contribution in [2.45, 2.75) is 18.9 Å². The van der Waals surface area contributed by atoms with Gasteiger partial charge in [0.2, 0.25) is 11.9 Å². The fraction of sp³-hybridized carbons (Fsp3) is 0.179. The molecule has 7 heteroatoms. The van der Waals surface area contributed by atoms with Crippen molar-refractivity contribution in [3.05, 3.63) is 85.6 Å². The molecule has 1 amide bonds. The van der Waals surface area contributed by atoms with Gasteiger partial charge in [-0.25, -0.2) is 9.97 Å². The lowest BCUT2D eigenvalue weighted by Crippen LogP contribution is -2.27. The number of carbonyl (C=O) groups is 1. The molecule has 0 saturated carbocycles. The van der Waals surface area contributed by atoms with E-state index in [0.717, 1.165) is 59.5 Å². The highest BCUT2D eigenvalue weighted by atomic mass is 16.5. The van der Waals surface area contributed by atoms with E-state index in [9.17, 15) is 4.79 Å². The number of carbonyl (C=O) groups excluding carboxylic acids is 1. The number of amides is 1. The number of para-hydroxylation sites is 1. The Morgan fingerprint density at radius 3 is 2.54 bits per heavy atom. The molecule has 4 aromatic rings. The molecule has 176 valence electrons. The Morgan fingerprint density at radius 2 is 1.74 bits per heavy atom. The van der Waals surface area contributed by atoms with E-state index >= 15 is 0 Å². The molecule has 0 unspecified atom stereocenters. The standard InChI is InChI=1S/C28H27N5O2/c1-2-26(34)31-24-7-3-5-19(17-24)25-8-4-6-20-18-29-28(33-27(20)25)32-22-11-9-21(10-12-22)30-23-13-15-35-16-14-23/h2-12,17-18,23,30H,1,13-16H2,(H,31,34)(H,29,32,33). The van der Waals surface area contributed by atoms with Crippen LogP contribution in [0, 0.1) is 0 Å². The van der Waals surface area contributed by atoms with Crippen molar-refractivity contribution >= 4 is 39.8 Å². The summed E-state index contributed by atoms with van der Waals surface area (Å²) in [5.41, 5.74) is 5.44. The Hall–Kier alpha value is -4.23. The van der Waals surface area contributed by atoms with Gasteiger partial charge >= 0.3 is 0 Å². The van der Waals surface area contributed by atoms with E-state index < -0.39 is 0 Å². The van der Waals surface area contributed by atoms with Crippen molar-refractivity contribution < 1.29 is 9.53 Å². The maximum atomic E-state index is 11.7. The number of hydrogen-bond acceptors (Lipinski definition) is 6. The molecule has 35 heavy (non-hydrogen) atoms. The predicted molar refractivity (Wildman–Crippen MR) is 141 cm³/mol. The van der Waals surface area contributed by atoms with Crippen molar-refractivity contribution in [3.8, 4) is 11.1 Å². The average Bonchev–Trinajstić information content (AvgIpc) is 2.90. The van der Waals surface area contributed by atoms with Crippen molar-refractivity contribution in [3.63, 3.8) is 0 Å². The molecule has 1 fully saturated rings. The van der Waals surface area contributed by atoms with Crippen LogP contribution < -0.4 is 16.0 Å². The van der Waals surface area contributed by atoms with Crippen molar-refractivity contribution in [2.75, 3.05) is 29.2 Å². The molecule has 0 spiro atoms. The fourth-order valence-electron chi connectivity index (χ4n) is 4.16. The monoisotopic (exact) mass is 465 g/mol. The van der Waals surface area contributed by atoms with Gasteiger partial charge in [-0.3, -0.25) is 4.79 Å². The van der Waals surface area contributed by atoms with E-state index in [0.29, 0.717) is 17.7 Å². The molecular formula is C28H27N5O2. The van der Waals surface area contributed by atoms with Gasteiger partial charge in [-0.2, -0.15) is 0 Å². The number of nitrogens with one attached hydrogen (secondary N) is 3. The Labute approximate surface area is 204 Å². The van der Waals surface area contributed by atoms with Gasteiger partial charge in [0.25, 0.3) is 0 Å². The molecule has 0 bridgehead atoms. The molecule has 7 nitrogen and oxygen atoms in total. The molecule has 5 rings (SSSR count). The molecule has 2 heterocycles. The van der Waals surface area contributed by atoms with Crippen LogP contribution in [0.4, 0.5) is 23.0 Å². The van der Waals surface area contributed by atoms with E-state index in [-0.39, 0.29) is 5.91 Å². The quantitative estimate of drug-likeness (QED) is 0.301. The number of rotatable bonds is 7. The summed E-state index contributed by atoms with van der Waals surface area (Å²) in [6.07, 6.45) is 5.12. The minimum absolute atomic E-state index is 0.247. The second-order valence-electron chi connectivity index (χ2n) is 8.44. The van der Waals surface area contributed by atoms with E-state index in [4.69, 9.17) is 9.72 Å². The van der Waals surface area contributed by atoms with E-state index in [2.05, 4.69) is 39.6 Å². The van der Waals surface area contributed by atoms with Gasteiger partial charge in [0, 0.05) is 53.5 Å². The Morgan fingerprint density at radius 1 is 0.971 bits per heavy atom. The van der Waals surface area contributed by atoms with Crippen LogP contribution in [0.3, 0.4) is 0 Å². The highest BCUT2D eigenvalue weighted by Crippen LogP contribution is 2.30. The Bertz CT molecular complexity index is 1350. The highest BCUT2D eigenvalue weighted by Gasteiger charge is 2.13. The van der Waals surface area contributed by atoms with Crippen LogP contribution in [0.1, 0.15) is 12.8 Å². The van der Waals surface area contributed by atoms with Gasteiger partial charge in [-0.15, -0.1) is 0 Å². The summed E-state index contributed by atoms with van der Waals surface area (Å²) in [7, 11) is 0. The zero-order valence-electron chi connectivity index (χ0n) is 19.3. The maximum absolute atomic E-state index is 11.7. The number of benzene rings is 3. The Kier molecular flexibility index (Phi) is 6.68. The van der Waals surface area contributed by atoms with Gasteiger partial charge in [-0.05, 0) is 60.9 Å². The third-order valence-electron chi connectivity index (χ3n) is 5.97. The number of aromatic nitrogens is 2. The third kappa shape index (κ3) is 5.47. The first kappa shape index (κ1) is 22.6. The molecule has 1 aliphatic rings. The number of anilines is 4. The summed E-state index contributed by atoms with van der Waals surface area (Å²) in [4.78, 5) is 21.0. The van der Waals surface area contributed by atoms with E-state index in [1.54, 1.807) is 0 Å². The van der Waals surface area contributed by atoms with Crippen LogP contribution in [0.2, 0.25) is 0 Å². The summed E-state index contributed by atoms with van der Waals surface area (Å²) < 4.78 is 5.43. The first-order valence-corrected chi connectivity index (χ1v) is 11.7. The predicted octanol–water partition coefficient (Wildman–Crippen LogP) is 5.76. The smallest absolute Gasteiger partial charge is 0.247 e. The highest BCUT2D eigenvalue weighted by molar-refractivity contribution is 6.00. The summed E-state index contributed by atoms with van der Waals surface area (Å²) in [6.45, 7) is 5.13. The van der Waals surface area contributed by atoms with Gasteiger partial charge in [0.05, 0.1) is 5.52 Å². The largest absolute Gasteiger partial charge is 0.382 e. The molecular weight excluding hydrogens is 438 g/mol. The zero-order valence-corrected chi connectivity index (χ0v) is 19.3. The topological polar surface area (TPSA) is 88.2 Å². The Balaban J connectivity index is 1.37. The van der Waals surface area contributed by atoms with Crippen molar-refractivity contribution in [2.24, 2.45) is 0 Å². The minimum Gasteiger partial charge on any atom is -0.382 e. The van der Waals surface area contributed by atoms with Crippen molar-refractivity contribution in [1.29, 1.82) is 0 Å². The van der Waals surface area contributed by atoms with Crippen LogP contribution in [-0.2, 0) is 9.53 Å². The van der Waals surface area contributed by atoms with Crippen LogP contribution >= 0.6 is 0 Å². The second kappa shape index (κ2) is 10.4. The summed E-state index contributed by atoms with van der Waals surface area (Å²) in [6, 6.07) is 22.3. The lowest BCUT2D eigenvalue weighted by Gasteiger charge is -2.24. The third-order valence-corrected chi connectivity index (χ3v) is 5.97. The normalized spacial score (nSPS) is 13.8. The second-order valence-corrected chi connectivity index (χ2v) is 8.44. The van der Waals surface area contributed by atoms with Crippen LogP contribution in [0.25, 0.3) is 22.0 Å². The molecule has 0 atom stereocenters. The minimum atomic E-state index is -0.247. The van der Waals surface area contributed by atoms with Crippen LogP contribution in [-0.4, -0.2) is 35.1 Å². The van der Waals surface area contributed by atoms with Gasteiger partial charge < -0.3 is 20.7 Å². The van der Waals surface area contributed by atoms with Gasteiger partial charge in [-0.1, -0.05) is 36.9 Å². The number of hydrogen-bond donors (Lipinski definition) is 3. The van der Waals surface area contributed by atoms with Gasteiger partial charge in [0.15, 0.2) is 0 Å². The number of fused-ring (bicyclic) bond motifs is 1.